The minimum Gasteiger partial charge on any atom is -0.497 e. The topological polar surface area (TPSA) is 35.5 Å². The van der Waals surface area contributed by atoms with Crippen molar-refractivity contribution in [3.8, 4) is 5.75 Å². The van der Waals surface area contributed by atoms with Gasteiger partial charge in [0.2, 0.25) is 0 Å². The summed E-state index contributed by atoms with van der Waals surface area (Å²) in [6.07, 6.45) is 0. The fourth-order valence-electron chi connectivity index (χ4n) is 3.12. The van der Waals surface area contributed by atoms with Crippen LogP contribution in [0.3, 0.4) is 0 Å². The molecule has 1 aliphatic carbocycles. The lowest BCUT2D eigenvalue weighted by Gasteiger charge is -2.10. The van der Waals surface area contributed by atoms with E-state index in [1.807, 2.05) is 31.2 Å². The lowest BCUT2D eigenvalue weighted by molar-refractivity contribution is -0.147. The van der Waals surface area contributed by atoms with Gasteiger partial charge < -0.3 is 9.47 Å². The molecule has 0 unspecified atom stereocenters. The quantitative estimate of drug-likeness (QED) is 0.771. The molecule has 0 radical (unpaired) electrons. The standard InChI is InChI=1S/C15H20O3/c1-14(2)12(15(14,3)13(16)18-5)10-6-8-11(17-4)9-7-10/h6-9,12H,1-5H3/t12-,15-/m0/s1. The molecule has 1 aromatic rings. The molecule has 2 rings (SSSR count). The van der Waals surface area contributed by atoms with Gasteiger partial charge in [0.05, 0.1) is 19.6 Å². The number of benzene rings is 1. The van der Waals surface area contributed by atoms with Crippen molar-refractivity contribution in [1.29, 1.82) is 0 Å². The van der Waals surface area contributed by atoms with Gasteiger partial charge in [-0.05, 0) is 30.0 Å². The highest BCUT2D eigenvalue weighted by molar-refractivity contribution is 5.84. The number of rotatable bonds is 3. The van der Waals surface area contributed by atoms with Gasteiger partial charge in [-0.25, -0.2) is 0 Å². The lowest BCUT2D eigenvalue weighted by Crippen LogP contribution is -2.19. The summed E-state index contributed by atoms with van der Waals surface area (Å²) in [5.74, 6) is 0.897. The number of esters is 1. The Kier molecular flexibility index (Phi) is 2.88. The molecular weight excluding hydrogens is 228 g/mol. The summed E-state index contributed by atoms with van der Waals surface area (Å²) in [5, 5.41) is 0. The van der Waals surface area contributed by atoms with E-state index in [2.05, 4.69) is 13.8 Å². The van der Waals surface area contributed by atoms with E-state index in [0.29, 0.717) is 0 Å². The van der Waals surface area contributed by atoms with Crippen molar-refractivity contribution in [1.82, 2.24) is 0 Å². The van der Waals surface area contributed by atoms with Crippen LogP contribution in [0.1, 0.15) is 32.3 Å². The minimum absolute atomic E-state index is 0.0747. The summed E-state index contributed by atoms with van der Waals surface area (Å²) in [6.45, 7) is 6.20. The van der Waals surface area contributed by atoms with Gasteiger partial charge in [-0.2, -0.15) is 0 Å². The summed E-state index contributed by atoms with van der Waals surface area (Å²) in [7, 11) is 3.10. The number of hydrogen-bond acceptors (Lipinski definition) is 3. The molecule has 0 saturated heterocycles. The minimum atomic E-state index is -0.434. The maximum Gasteiger partial charge on any atom is 0.312 e. The second-order valence-electron chi connectivity index (χ2n) is 5.62. The maximum absolute atomic E-state index is 12.0. The molecule has 0 heterocycles. The van der Waals surface area contributed by atoms with Crippen LogP contribution in [0.2, 0.25) is 0 Å². The zero-order valence-electron chi connectivity index (χ0n) is 11.6. The molecule has 0 N–H and O–H groups in total. The van der Waals surface area contributed by atoms with Crippen LogP contribution < -0.4 is 4.74 Å². The first-order valence-electron chi connectivity index (χ1n) is 6.12. The molecule has 0 aromatic heterocycles. The Hall–Kier alpha value is -1.51. The molecule has 1 fully saturated rings. The molecular formula is C15H20O3. The fraction of sp³-hybridized carbons (Fsp3) is 0.533. The summed E-state index contributed by atoms with van der Waals surface area (Å²) >= 11 is 0. The normalized spacial score (nSPS) is 28.6. The highest BCUT2D eigenvalue weighted by atomic mass is 16.5. The lowest BCUT2D eigenvalue weighted by atomic mass is 9.98. The second kappa shape index (κ2) is 4.01. The predicted octanol–water partition coefficient (Wildman–Crippen LogP) is 3.00. The van der Waals surface area contributed by atoms with Crippen LogP contribution in [0.5, 0.6) is 5.75 Å². The molecule has 2 atom stereocenters. The molecule has 18 heavy (non-hydrogen) atoms. The average molecular weight is 248 g/mol. The third kappa shape index (κ3) is 1.53. The van der Waals surface area contributed by atoms with Crippen molar-refractivity contribution in [2.75, 3.05) is 14.2 Å². The summed E-state index contributed by atoms with van der Waals surface area (Å²) in [4.78, 5) is 12.0. The van der Waals surface area contributed by atoms with E-state index < -0.39 is 5.41 Å². The van der Waals surface area contributed by atoms with E-state index in [-0.39, 0.29) is 17.3 Å². The SMILES string of the molecule is COC(=O)[C@]1(C)[C@@H](c2ccc(OC)cc2)C1(C)C. The van der Waals surface area contributed by atoms with Crippen LogP contribution in [-0.2, 0) is 9.53 Å². The summed E-state index contributed by atoms with van der Waals surface area (Å²) in [6, 6.07) is 7.92. The van der Waals surface area contributed by atoms with Gasteiger partial charge in [-0.1, -0.05) is 26.0 Å². The average Bonchev–Trinajstić information content (AvgIpc) is 2.83. The zero-order chi connectivity index (χ0) is 13.6. The number of methoxy groups -OCH3 is 2. The van der Waals surface area contributed by atoms with Gasteiger partial charge in [0.15, 0.2) is 0 Å². The molecule has 3 heteroatoms. The van der Waals surface area contributed by atoms with E-state index in [0.717, 1.165) is 11.3 Å². The van der Waals surface area contributed by atoms with Gasteiger partial charge >= 0.3 is 5.97 Å². The van der Waals surface area contributed by atoms with Crippen LogP contribution in [0.25, 0.3) is 0 Å². The van der Waals surface area contributed by atoms with Gasteiger partial charge in [-0.3, -0.25) is 4.79 Å². The molecule has 0 bridgehead atoms. The van der Waals surface area contributed by atoms with E-state index in [1.165, 1.54) is 7.11 Å². The van der Waals surface area contributed by atoms with Crippen molar-refractivity contribution < 1.29 is 14.3 Å². The molecule has 1 aliphatic rings. The van der Waals surface area contributed by atoms with Crippen molar-refractivity contribution >= 4 is 5.97 Å². The van der Waals surface area contributed by atoms with Crippen LogP contribution in [0.15, 0.2) is 24.3 Å². The van der Waals surface area contributed by atoms with Gasteiger partial charge in [0.1, 0.15) is 5.75 Å². The van der Waals surface area contributed by atoms with Crippen molar-refractivity contribution in [3.05, 3.63) is 29.8 Å². The molecule has 0 aliphatic heterocycles. The smallest absolute Gasteiger partial charge is 0.312 e. The maximum atomic E-state index is 12.0. The number of carbonyl (C=O) groups excluding carboxylic acids is 1. The third-order valence-electron chi connectivity index (χ3n) is 4.61. The molecule has 3 nitrogen and oxygen atoms in total. The molecule has 1 aromatic carbocycles. The highest BCUT2D eigenvalue weighted by Gasteiger charge is 2.73. The van der Waals surface area contributed by atoms with E-state index >= 15 is 0 Å². The van der Waals surface area contributed by atoms with E-state index in [9.17, 15) is 4.79 Å². The zero-order valence-corrected chi connectivity index (χ0v) is 11.6. The molecule has 0 amide bonds. The number of carbonyl (C=O) groups is 1. The van der Waals surface area contributed by atoms with E-state index in [1.54, 1.807) is 7.11 Å². The first-order valence-corrected chi connectivity index (χ1v) is 6.12. The van der Waals surface area contributed by atoms with E-state index in [4.69, 9.17) is 9.47 Å². The van der Waals surface area contributed by atoms with Gasteiger partial charge in [0.25, 0.3) is 0 Å². The van der Waals surface area contributed by atoms with Crippen molar-refractivity contribution in [2.24, 2.45) is 10.8 Å². The Morgan fingerprint density at radius 3 is 2.11 bits per heavy atom. The molecule has 1 saturated carbocycles. The largest absolute Gasteiger partial charge is 0.497 e. The Morgan fingerprint density at radius 1 is 1.11 bits per heavy atom. The Morgan fingerprint density at radius 2 is 1.67 bits per heavy atom. The molecule has 0 spiro atoms. The van der Waals surface area contributed by atoms with Gasteiger partial charge in [0, 0.05) is 5.92 Å². The molecule has 98 valence electrons. The highest BCUT2D eigenvalue weighted by Crippen LogP contribution is 2.74. The van der Waals surface area contributed by atoms with Crippen LogP contribution in [0.4, 0.5) is 0 Å². The second-order valence-corrected chi connectivity index (χ2v) is 5.62. The Labute approximate surface area is 108 Å². The number of ether oxygens (including phenoxy) is 2. The van der Waals surface area contributed by atoms with Crippen molar-refractivity contribution in [2.45, 2.75) is 26.7 Å². The number of hydrogen-bond donors (Lipinski definition) is 0. The van der Waals surface area contributed by atoms with Crippen LogP contribution in [0, 0.1) is 10.8 Å². The predicted molar refractivity (Wildman–Crippen MR) is 69.6 cm³/mol. The first kappa shape index (κ1) is 12.9. The first-order chi connectivity index (χ1) is 8.39. The van der Waals surface area contributed by atoms with Crippen LogP contribution >= 0.6 is 0 Å². The third-order valence-corrected chi connectivity index (χ3v) is 4.61. The fourth-order valence-corrected chi connectivity index (χ4v) is 3.12. The monoisotopic (exact) mass is 248 g/mol. The summed E-state index contributed by atoms with van der Waals surface area (Å²) < 4.78 is 10.1. The van der Waals surface area contributed by atoms with Crippen molar-refractivity contribution in [3.63, 3.8) is 0 Å². The Bertz CT molecular complexity index is 461. The summed E-state index contributed by atoms with van der Waals surface area (Å²) in [5.41, 5.74) is 0.652. The van der Waals surface area contributed by atoms with Gasteiger partial charge in [-0.15, -0.1) is 0 Å². The Balaban J connectivity index is 2.32. The van der Waals surface area contributed by atoms with Crippen LogP contribution in [-0.4, -0.2) is 20.2 Å².